The molecule has 6 heteroatoms. The third-order valence-electron chi connectivity index (χ3n) is 3.59. The van der Waals surface area contributed by atoms with Gasteiger partial charge in [-0.2, -0.15) is 0 Å². The molecule has 0 aromatic heterocycles. The maximum Gasteiger partial charge on any atom is 0.251 e. The van der Waals surface area contributed by atoms with Crippen LogP contribution < -0.4 is 20.7 Å². The van der Waals surface area contributed by atoms with Gasteiger partial charge in [-0.15, -0.1) is 0 Å². The molecule has 138 valence electrons. The lowest BCUT2D eigenvalue weighted by atomic mass is 10.2. The molecule has 3 N–H and O–H groups in total. The Bertz CT molecular complexity index is 729. The van der Waals surface area contributed by atoms with E-state index in [9.17, 15) is 9.59 Å². The second-order valence-corrected chi connectivity index (χ2v) is 5.66. The van der Waals surface area contributed by atoms with E-state index in [1.165, 1.54) is 0 Å². The van der Waals surface area contributed by atoms with Crippen LogP contribution >= 0.6 is 0 Å². The van der Waals surface area contributed by atoms with Gasteiger partial charge < -0.3 is 20.7 Å². The van der Waals surface area contributed by atoms with E-state index < -0.39 is 0 Å². The number of hydrogen-bond donors (Lipinski definition) is 3. The van der Waals surface area contributed by atoms with Crippen molar-refractivity contribution in [1.82, 2.24) is 5.32 Å². The minimum atomic E-state index is -0.181. The van der Waals surface area contributed by atoms with E-state index in [4.69, 9.17) is 4.74 Å². The minimum Gasteiger partial charge on any atom is -0.492 e. The molecule has 0 spiro atoms. The molecule has 0 unspecified atom stereocenters. The average molecular weight is 355 g/mol. The molecule has 0 bridgehead atoms. The predicted molar refractivity (Wildman–Crippen MR) is 104 cm³/mol. The first-order chi connectivity index (χ1) is 12.6. The number of carbonyl (C=O) groups is 2. The number of anilines is 2. The van der Waals surface area contributed by atoms with Crippen molar-refractivity contribution in [2.24, 2.45) is 0 Å². The Morgan fingerprint density at radius 3 is 2.42 bits per heavy atom. The molecule has 6 nitrogen and oxygen atoms in total. The Morgan fingerprint density at radius 1 is 1.00 bits per heavy atom. The molecule has 0 aliphatic carbocycles. The quantitative estimate of drug-likeness (QED) is 0.645. The van der Waals surface area contributed by atoms with Crippen molar-refractivity contribution in [2.45, 2.75) is 20.3 Å². The summed E-state index contributed by atoms with van der Waals surface area (Å²) < 4.78 is 5.52. The molecule has 0 aliphatic rings. The summed E-state index contributed by atoms with van der Waals surface area (Å²) in [5, 5.41) is 8.68. The highest BCUT2D eigenvalue weighted by Crippen LogP contribution is 2.23. The summed E-state index contributed by atoms with van der Waals surface area (Å²) in [4.78, 5) is 24.0. The zero-order valence-corrected chi connectivity index (χ0v) is 15.2. The van der Waals surface area contributed by atoms with Gasteiger partial charge in [0.05, 0.1) is 18.8 Å². The second-order valence-electron chi connectivity index (χ2n) is 5.66. The number of para-hydroxylation sites is 2. The van der Waals surface area contributed by atoms with Crippen molar-refractivity contribution < 1.29 is 14.3 Å². The van der Waals surface area contributed by atoms with Crippen LogP contribution in [0.1, 0.15) is 30.6 Å². The first kappa shape index (κ1) is 19.3. The second kappa shape index (κ2) is 10.1. The fraction of sp³-hybridized carbons (Fsp3) is 0.300. The van der Waals surface area contributed by atoms with Gasteiger partial charge >= 0.3 is 0 Å². The lowest BCUT2D eigenvalue weighted by molar-refractivity contribution is -0.114. The largest absolute Gasteiger partial charge is 0.492 e. The molecule has 0 heterocycles. The van der Waals surface area contributed by atoms with E-state index in [2.05, 4.69) is 16.0 Å². The van der Waals surface area contributed by atoms with Gasteiger partial charge in [0.2, 0.25) is 5.91 Å². The monoisotopic (exact) mass is 355 g/mol. The van der Waals surface area contributed by atoms with Crippen LogP contribution in [-0.2, 0) is 4.79 Å². The Balaban J connectivity index is 1.87. The van der Waals surface area contributed by atoms with Crippen LogP contribution in [0.2, 0.25) is 0 Å². The lowest BCUT2D eigenvalue weighted by Gasteiger charge is -2.12. The van der Waals surface area contributed by atoms with Crippen molar-refractivity contribution in [3.05, 3.63) is 54.1 Å². The number of rotatable bonds is 9. The van der Waals surface area contributed by atoms with Gasteiger partial charge in [0.25, 0.3) is 5.91 Å². The Labute approximate surface area is 153 Å². The SMILES string of the molecule is CCCNC(=O)c1ccc(NC(=O)CNc2ccccc2OCC)cc1. The maximum absolute atomic E-state index is 12.1. The van der Waals surface area contributed by atoms with Gasteiger partial charge in [-0.05, 0) is 49.7 Å². The normalized spacial score (nSPS) is 10.1. The van der Waals surface area contributed by atoms with Crippen LogP contribution in [0.4, 0.5) is 11.4 Å². The average Bonchev–Trinajstić information content (AvgIpc) is 2.66. The summed E-state index contributed by atoms with van der Waals surface area (Å²) in [5.41, 5.74) is 1.98. The topological polar surface area (TPSA) is 79.5 Å². The van der Waals surface area contributed by atoms with E-state index >= 15 is 0 Å². The highest BCUT2D eigenvalue weighted by Gasteiger charge is 2.07. The molecule has 2 rings (SSSR count). The molecule has 2 amide bonds. The van der Waals surface area contributed by atoms with Crippen molar-refractivity contribution in [3.8, 4) is 5.75 Å². The van der Waals surface area contributed by atoms with Gasteiger partial charge in [0.1, 0.15) is 5.75 Å². The Morgan fingerprint density at radius 2 is 1.73 bits per heavy atom. The van der Waals surface area contributed by atoms with Crippen molar-refractivity contribution in [1.29, 1.82) is 0 Å². The van der Waals surface area contributed by atoms with E-state index in [0.29, 0.717) is 30.2 Å². The fourth-order valence-corrected chi connectivity index (χ4v) is 2.32. The smallest absolute Gasteiger partial charge is 0.251 e. The first-order valence-electron chi connectivity index (χ1n) is 8.77. The van der Waals surface area contributed by atoms with Crippen LogP contribution in [0.15, 0.2) is 48.5 Å². The van der Waals surface area contributed by atoms with Gasteiger partial charge in [-0.25, -0.2) is 0 Å². The molecule has 0 fully saturated rings. The lowest BCUT2D eigenvalue weighted by Crippen LogP contribution is -2.24. The number of amides is 2. The highest BCUT2D eigenvalue weighted by molar-refractivity contribution is 5.96. The van der Waals surface area contributed by atoms with E-state index in [-0.39, 0.29) is 18.4 Å². The van der Waals surface area contributed by atoms with Gasteiger partial charge in [-0.3, -0.25) is 9.59 Å². The van der Waals surface area contributed by atoms with Crippen molar-refractivity contribution in [3.63, 3.8) is 0 Å². The third-order valence-corrected chi connectivity index (χ3v) is 3.59. The third kappa shape index (κ3) is 5.81. The summed E-state index contributed by atoms with van der Waals surface area (Å²) >= 11 is 0. The van der Waals surface area contributed by atoms with Crippen molar-refractivity contribution >= 4 is 23.2 Å². The number of benzene rings is 2. The highest BCUT2D eigenvalue weighted by atomic mass is 16.5. The summed E-state index contributed by atoms with van der Waals surface area (Å²) in [6.07, 6.45) is 0.888. The molecule has 26 heavy (non-hydrogen) atoms. The summed E-state index contributed by atoms with van der Waals surface area (Å²) in [5.74, 6) is 0.420. The fourth-order valence-electron chi connectivity index (χ4n) is 2.32. The number of carbonyl (C=O) groups excluding carboxylic acids is 2. The molecular formula is C20H25N3O3. The molecule has 0 saturated carbocycles. The summed E-state index contributed by atoms with van der Waals surface area (Å²) in [6, 6.07) is 14.3. The number of nitrogens with one attached hydrogen (secondary N) is 3. The molecule has 0 atom stereocenters. The van der Waals surface area contributed by atoms with Crippen LogP contribution in [0.3, 0.4) is 0 Å². The molecule has 0 saturated heterocycles. The van der Waals surface area contributed by atoms with E-state index in [1.807, 2.05) is 38.1 Å². The summed E-state index contributed by atoms with van der Waals surface area (Å²) in [6.45, 7) is 5.23. The zero-order valence-electron chi connectivity index (χ0n) is 15.2. The maximum atomic E-state index is 12.1. The standard InChI is InChI=1S/C20H25N3O3/c1-3-13-21-20(25)15-9-11-16(12-10-15)23-19(24)14-22-17-7-5-6-8-18(17)26-4-2/h5-12,22H,3-4,13-14H2,1-2H3,(H,21,25)(H,23,24). The van der Waals surface area contributed by atoms with E-state index in [1.54, 1.807) is 24.3 Å². The number of hydrogen-bond acceptors (Lipinski definition) is 4. The summed E-state index contributed by atoms with van der Waals surface area (Å²) in [7, 11) is 0. The minimum absolute atomic E-state index is 0.112. The van der Waals surface area contributed by atoms with Gasteiger partial charge in [0, 0.05) is 17.8 Å². The van der Waals surface area contributed by atoms with E-state index in [0.717, 1.165) is 12.1 Å². The Hall–Kier alpha value is -3.02. The van der Waals surface area contributed by atoms with Gasteiger partial charge in [-0.1, -0.05) is 19.1 Å². The van der Waals surface area contributed by atoms with Crippen LogP contribution in [0, 0.1) is 0 Å². The van der Waals surface area contributed by atoms with Crippen LogP contribution in [0.5, 0.6) is 5.75 Å². The Kier molecular flexibility index (Phi) is 7.49. The molecule has 0 aliphatic heterocycles. The molecule has 2 aromatic carbocycles. The first-order valence-corrected chi connectivity index (χ1v) is 8.77. The van der Waals surface area contributed by atoms with Crippen molar-refractivity contribution in [2.75, 3.05) is 30.3 Å². The molecular weight excluding hydrogens is 330 g/mol. The van der Waals surface area contributed by atoms with Gasteiger partial charge in [0.15, 0.2) is 0 Å². The van der Waals surface area contributed by atoms with Crippen LogP contribution in [0.25, 0.3) is 0 Å². The number of ether oxygens (including phenoxy) is 1. The molecule has 2 aromatic rings. The molecule has 0 radical (unpaired) electrons. The van der Waals surface area contributed by atoms with Crippen LogP contribution in [-0.4, -0.2) is 31.5 Å². The predicted octanol–water partition coefficient (Wildman–Crippen LogP) is 3.28. The zero-order chi connectivity index (χ0) is 18.8.